The average Bonchev–Trinajstić information content (AvgIpc) is 2.20. The summed E-state index contributed by atoms with van der Waals surface area (Å²) in [6, 6.07) is 5.43. The van der Waals surface area contributed by atoms with Gasteiger partial charge in [-0.2, -0.15) is 0 Å². The van der Waals surface area contributed by atoms with Crippen molar-refractivity contribution >= 4 is 39.6 Å². The van der Waals surface area contributed by atoms with Crippen molar-refractivity contribution in [1.82, 2.24) is 0 Å². The number of hydrogen-bond donors (Lipinski definition) is 0. The predicted molar refractivity (Wildman–Crippen MR) is 64.8 cm³/mol. The van der Waals surface area contributed by atoms with Gasteiger partial charge in [0.15, 0.2) is 0 Å². The van der Waals surface area contributed by atoms with Crippen LogP contribution < -0.4 is 0 Å². The van der Waals surface area contributed by atoms with Gasteiger partial charge in [-0.1, -0.05) is 27.5 Å². The zero-order valence-corrected chi connectivity index (χ0v) is 10.5. The van der Waals surface area contributed by atoms with Crippen molar-refractivity contribution < 1.29 is 9.53 Å². The maximum absolute atomic E-state index is 11.0. The van der Waals surface area contributed by atoms with Crippen LogP contribution in [0.5, 0.6) is 0 Å². The lowest BCUT2D eigenvalue weighted by Crippen LogP contribution is -1.98. The van der Waals surface area contributed by atoms with Crippen LogP contribution in [0, 0.1) is 0 Å². The molecule has 0 amide bonds. The van der Waals surface area contributed by atoms with E-state index in [1.54, 1.807) is 19.1 Å². The SMILES string of the molecule is CCOC(=O)/C=C/c1cc(Br)ccc1Cl. The number of rotatable bonds is 3. The van der Waals surface area contributed by atoms with Crippen LogP contribution in [-0.4, -0.2) is 12.6 Å². The topological polar surface area (TPSA) is 26.3 Å². The summed E-state index contributed by atoms with van der Waals surface area (Å²) < 4.78 is 5.67. The molecule has 0 N–H and O–H groups in total. The lowest BCUT2D eigenvalue weighted by atomic mass is 10.2. The van der Waals surface area contributed by atoms with Crippen LogP contribution in [0.15, 0.2) is 28.7 Å². The van der Waals surface area contributed by atoms with Crippen LogP contribution in [0.2, 0.25) is 5.02 Å². The normalized spacial score (nSPS) is 10.6. The highest BCUT2D eigenvalue weighted by Gasteiger charge is 1.99. The minimum absolute atomic E-state index is 0.367. The van der Waals surface area contributed by atoms with Gasteiger partial charge in [-0.25, -0.2) is 4.79 Å². The third kappa shape index (κ3) is 4.06. The molecule has 0 bridgehead atoms. The van der Waals surface area contributed by atoms with Gasteiger partial charge >= 0.3 is 5.97 Å². The summed E-state index contributed by atoms with van der Waals surface area (Å²) in [6.45, 7) is 2.13. The molecule has 0 aromatic heterocycles. The Balaban J connectivity index is 2.79. The van der Waals surface area contributed by atoms with Gasteiger partial charge in [0.05, 0.1) is 6.61 Å². The molecule has 0 fully saturated rings. The molecule has 80 valence electrons. The molecule has 0 unspecified atom stereocenters. The maximum atomic E-state index is 11.0. The van der Waals surface area contributed by atoms with E-state index < -0.39 is 0 Å². The van der Waals surface area contributed by atoms with Crippen molar-refractivity contribution in [2.75, 3.05) is 6.61 Å². The quantitative estimate of drug-likeness (QED) is 0.627. The molecule has 0 aliphatic rings. The fraction of sp³-hybridized carbons (Fsp3) is 0.182. The highest BCUT2D eigenvalue weighted by atomic mass is 79.9. The van der Waals surface area contributed by atoms with E-state index in [-0.39, 0.29) is 5.97 Å². The van der Waals surface area contributed by atoms with Crippen LogP contribution in [0.1, 0.15) is 12.5 Å². The second kappa shape index (κ2) is 5.93. The fourth-order valence-electron chi connectivity index (χ4n) is 0.991. The van der Waals surface area contributed by atoms with E-state index in [1.807, 2.05) is 12.1 Å². The Morgan fingerprint density at radius 2 is 2.33 bits per heavy atom. The summed E-state index contributed by atoms with van der Waals surface area (Å²) in [7, 11) is 0. The van der Waals surface area contributed by atoms with Gasteiger partial charge in [0, 0.05) is 15.6 Å². The van der Waals surface area contributed by atoms with E-state index in [2.05, 4.69) is 15.9 Å². The Labute approximate surface area is 102 Å². The first-order valence-electron chi connectivity index (χ1n) is 4.43. The molecule has 0 atom stereocenters. The van der Waals surface area contributed by atoms with E-state index in [0.29, 0.717) is 11.6 Å². The Bertz CT molecular complexity index is 388. The third-order valence-electron chi connectivity index (χ3n) is 1.64. The second-order valence-electron chi connectivity index (χ2n) is 2.75. The van der Waals surface area contributed by atoms with Crippen molar-refractivity contribution in [3.63, 3.8) is 0 Å². The fourth-order valence-corrected chi connectivity index (χ4v) is 1.55. The lowest BCUT2D eigenvalue weighted by Gasteiger charge is -1.99. The molecule has 0 aliphatic carbocycles. The monoisotopic (exact) mass is 288 g/mol. The summed E-state index contributed by atoms with van der Waals surface area (Å²) in [5.74, 6) is -0.367. The van der Waals surface area contributed by atoms with E-state index in [1.165, 1.54) is 6.08 Å². The van der Waals surface area contributed by atoms with Crippen molar-refractivity contribution in [2.24, 2.45) is 0 Å². The lowest BCUT2D eigenvalue weighted by molar-refractivity contribution is -0.137. The first-order valence-corrected chi connectivity index (χ1v) is 5.60. The van der Waals surface area contributed by atoms with E-state index >= 15 is 0 Å². The first-order chi connectivity index (χ1) is 7.13. The minimum atomic E-state index is -0.367. The number of esters is 1. The number of hydrogen-bond acceptors (Lipinski definition) is 2. The largest absolute Gasteiger partial charge is 0.463 e. The Morgan fingerprint density at radius 3 is 3.00 bits per heavy atom. The predicted octanol–water partition coefficient (Wildman–Crippen LogP) is 3.68. The van der Waals surface area contributed by atoms with Gasteiger partial charge in [-0.3, -0.25) is 0 Å². The minimum Gasteiger partial charge on any atom is -0.463 e. The summed E-state index contributed by atoms with van der Waals surface area (Å²) in [4.78, 5) is 11.0. The first kappa shape index (κ1) is 12.3. The number of ether oxygens (including phenoxy) is 1. The standard InChI is InChI=1S/C11H10BrClO2/c1-2-15-11(14)6-3-8-7-9(12)4-5-10(8)13/h3-7H,2H2,1H3/b6-3+. The Morgan fingerprint density at radius 1 is 1.60 bits per heavy atom. The molecule has 0 saturated carbocycles. The van der Waals surface area contributed by atoms with E-state index in [4.69, 9.17) is 16.3 Å². The molecular formula is C11H10BrClO2. The van der Waals surface area contributed by atoms with Crippen LogP contribution in [0.4, 0.5) is 0 Å². The molecule has 4 heteroatoms. The van der Waals surface area contributed by atoms with Crippen LogP contribution in [0.25, 0.3) is 6.08 Å². The zero-order valence-electron chi connectivity index (χ0n) is 8.17. The highest BCUT2D eigenvalue weighted by molar-refractivity contribution is 9.10. The van der Waals surface area contributed by atoms with Crippen molar-refractivity contribution in [2.45, 2.75) is 6.92 Å². The van der Waals surface area contributed by atoms with Crippen LogP contribution >= 0.6 is 27.5 Å². The van der Waals surface area contributed by atoms with Crippen molar-refractivity contribution in [1.29, 1.82) is 0 Å². The number of carbonyl (C=O) groups excluding carboxylic acids is 1. The number of halogens is 2. The second-order valence-corrected chi connectivity index (χ2v) is 4.07. The summed E-state index contributed by atoms with van der Waals surface area (Å²) in [5, 5.41) is 0.596. The Kier molecular flexibility index (Phi) is 4.85. The molecule has 1 aromatic rings. The number of carbonyl (C=O) groups is 1. The molecule has 2 nitrogen and oxygen atoms in total. The highest BCUT2D eigenvalue weighted by Crippen LogP contribution is 2.22. The van der Waals surface area contributed by atoms with Gasteiger partial charge < -0.3 is 4.74 Å². The molecular weight excluding hydrogens is 279 g/mol. The van der Waals surface area contributed by atoms with Gasteiger partial charge in [0.2, 0.25) is 0 Å². The summed E-state index contributed by atoms with van der Waals surface area (Å²) >= 11 is 9.26. The molecule has 0 aliphatic heterocycles. The molecule has 0 spiro atoms. The zero-order chi connectivity index (χ0) is 11.3. The molecule has 1 aromatic carbocycles. The van der Waals surface area contributed by atoms with Gasteiger partial charge in [0.25, 0.3) is 0 Å². The average molecular weight is 290 g/mol. The van der Waals surface area contributed by atoms with Crippen LogP contribution in [-0.2, 0) is 9.53 Å². The molecule has 0 saturated heterocycles. The molecule has 15 heavy (non-hydrogen) atoms. The van der Waals surface area contributed by atoms with Gasteiger partial charge in [-0.05, 0) is 36.8 Å². The molecule has 1 rings (SSSR count). The van der Waals surface area contributed by atoms with Gasteiger partial charge in [0.1, 0.15) is 0 Å². The van der Waals surface area contributed by atoms with Crippen molar-refractivity contribution in [3.8, 4) is 0 Å². The maximum Gasteiger partial charge on any atom is 0.330 e. The Hall–Kier alpha value is -0.800. The smallest absolute Gasteiger partial charge is 0.330 e. The van der Waals surface area contributed by atoms with Crippen LogP contribution in [0.3, 0.4) is 0 Å². The summed E-state index contributed by atoms with van der Waals surface area (Å²) in [6.07, 6.45) is 2.99. The third-order valence-corrected chi connectivity index (χ3v) is 2.48. The number of benzene rings is 1. The summed E-state index contributed by atoms with van der Waals surface area (Å²) in [5.41, 5.74) is 0.777. The van der Waals surface area contributed by atoms with Gasteiger partial charge in [-0.15, -0.1) is 0 Å². The molecule has 0 heterocycles. The van der Waals surface area contributed by atoms with E-state index in [9.17, 15) is 4.79 Å². The molecule has 0 radical (unpaired) electrons. The van der Waals surface area contributed by atoms with E-state index in [0.717, 1.165) is 10.0 Å². The van der Waals surface area contributed by atoms with Crippen molar-refractivity contribution in [3.05, 3.63) is 39.3 Å².